The summed E-state index contributed by atoms with van der Waals surface area (Å²) < 4.78 is 5.06. The summed E-state index contributed by atoms with van der Waals surface area (Å²) in [5.74, 6) is 0.978. The molecular formula is C15H13ClN2O2. The fourth-order valence-electron chi connectivity index (χ4n) is 1.50. The lowest BCUT2D eigenvalue weighted by Crippen LogP contribution is -2.08. The summed E-state index contributed by atoms with van der Waals surface area (Å²) in [6, 6.07) is 10.7. The van der Waals surface area contributed by atoms with Crippen molar-refractivity contribution in [2.24, 2.45) is 0 Å². The zero-order valence-electron chi connectivity index (χ0n) is 10.8. The van der Waals surface area contributed by atoms with Crippen molar-refractivity contribution >= 4 is 29.4 Å². The molecule has 0 radical (unpaired) electrons. The number of amides is 1. The highest BCUT2D eigenvalue weighted by Crippen LogP contribution is 2.13. The van der Waals surface area contributed by atoms with Gasteiger partial charge in [0.2, 0.25) is 5.91 Å². The van der Waals surface area contributed by atoms with E-state index < -0.39 is 0 Å². The molecule has 0 aliphatic carbocycles. The number of halogens is 1. The van der Waals surface area contributed by atoms with E-state index in [9.17, 15) is 4.79 Å². The Morgan fingerprint density at radius 1 is 1.25 bits per heavy atom. The molecule has 0 aliphatic heterocycles. The molecule has 0 aliphatic rings. The van der Waals surface area contributed by atoms with Gasteiger partial charge in [-0.05, 0) is 35.9 Å². The number of benzene rings is 1. The van der Waals surface area contributed by atoms with E-state index in [4.69, 9.17) is 16.3 Å². The molecule has 102 valence electrons. The zero-order chi connectivity index (χ0) is 14.4. The highest BCUT2D eigenvalue weighted by atomic mass is 35.5. The molecule has 1 aromatic heterocycles. The first-order valence-electron chi connectivity index (χ1n) is 5.92. The van der Waals surface area contributed by atoms with E-state index in [-0.39, 0.29) is 5.91 Å². The van der Waals surface area contributed by atoms with Crippen LogP contribution in [0.1, 0.15) is 5.56 Å². The van der Waals surface area contributed by atoms with Crippen LogP contribution in [0.3, 0.4) is 0 Å². The number of carbonyl (C=O) groups excluding carboxylic acids is 1. The van der Waals surface area contributed by atoms with Crippen LogP contribution in [0.2, 0.25) is 5.02 Å². The summed E-state index contributed by atoms with van der Waals surface area (Å²) in [6.07, 6.45) is 4.63. The van der Waals surface area contributed by atoms with Crippen LogP contribution in [0.5, 0.6) is 5.75 Å². The smallest absolute Gasteiger partial charge is 0.249 e. The quantitative estimate of drug-likeness (QED) is 0.877. The minimum absolute atomic E-state index is 0.254. The number of methoxy groups -OCH3 is 1. The maximum absolute atomic E-state index is 11.7. The Morgan fingerprint density at radius 2 is 2.00 bits per heavy atom. The SMILES string of the molecule is COc1ccc(/C=C/C(=O)Nc2ccc(Cl)cn2)cc1. The lowest BCUT2D eigenvalue weighted by molar-refractivity contribution is -0.111. The standard InChI is InChI=1S/C15H13ClN2O2/c1-20-13-6-2-11(3-7-13)4-9-15(19)18-14-8-5-12(16)10-17-14/h2-10H,1H3,(H,17,18,19)/b9-4+. The molecule has 0 unspecified atom stereocenters. The van der Waals surface area contributed by atoms with Gasteiger partial charge in [0, 0.05) is 12.3 Å². The van der Waals surface area contributed by atoms with E-state index in [0.717, 1.165) is 11.3 Å². The van der Waals surface area contributed by atoms with Crippen molar-refractivity contribution in [1.29, 1.82) is 0 Å². The van der Waals surface area contributed by atoms with Crippen molar-refractivity contribution in [3.05, 3.63) is 59.3 Å². The van der Waals surface area contributed by atoms with Crippen molar-refractivity contribution in [2.45, 2.75) is 0 Å². The van der Waals surface area contributed by atoms with Crippen LogP contribution in [0, 0.1) is 0 Å². The molecule has 2 aromatic rings. The third-order valence-electron chi connectivity index (χ3n) is 2.52. The molecular weight excluding hydrogens is 276 g/mol. The van der Waals surface area contributed by atoms with Crippen LogP contribution in [-0.2, 0) is 4.79 Å². The zero-order valence-corrected chi connectivity index (χ0v) is 11.6. The number of nitrogens with zero attached hydrogens (tertiary/aromatic N) is 1. The number of aromatic nitrogens is 1. The molecule has 5 heteroatoms. The van der Waals surface area contributed by atoms with E-state index in [0.29, 0.717) is 10.8 Å². The summed E-state index contributed by atoms with van der Waals surface area (Å²) in [7, 11) is 1.61. The lowest BCUT2D eigenvalue weighted by atomic mass is 10.2. The minimum atomic E-state index is -0.254. The van der Waals surface area contributed by atoms with Gasteiger partial charge < -0.3 is 10.1 Å². The normalized spacial score (nSPS) is 10.5. The van der Waals surface area contributed by atoms with Crippen molar-refractivity contribution in [1.82, 2.24) is 4.98 Å². The number of nitrogens with one attached hydrogen (secondary N) is 1. The third kappa shape index (κ3) is 4.10. The second kappa shape index (κ2) is 6.73. The average molecular weight is 289 g/mol. The maximum atomic E-state index is 11.7. The van der Waals surface area contributed by atoms with Gasteiger partial charge in [0.15, 0.2) is 0 Å². The van der Waals surface area contributed by atoms with E-state index >= 15 is 0 Å². The van der Waals surface area contributed by atoms with Crippen LogP contribution in [-0.4, -0.2) is 18.0 Å². The summed E-state index contributed by atoms with van der Waals surface area (Å²) in [5, 5.41) is 3.17. The first-order chi connectivity index (χ1) is 9.67. The van der Waals surface area contributed by atoms with Crippen LogP contribution in [0.25, 0.3) is 6.08 Å². The van der Waals surface area contributed by atoms with E-state index in [1.54, 1.807) is 25.3 Å². The second-order valence-electron chi connectivity index (χ2n) is 3.96. The predicted octanol–water partition coefficient (Wildman–Crippen LogP) is 3.40. The molecule has 0 saturated heterocycles. The summed E-state index contributed by atoms with van der Waals surface area (Å²) >= 11 is 5.71. The monoisotopic (exact) mass is 288 g/mol. The Morgan fingerprint density at radius 3 is 2.60 bits per heavy atom. The molecule has 1 amide bonds. The number of hydrogen-bond donors (Lipinski definition) is 1. The number of ether oxygens (including phenoxy) is 1. The molecule has 0 bridgehead atoms. The van der Waals surface area contributed by atoms with Gasteiger partial charge in [0.1, 0.15) is 11.6 Å². The van der Waals surface area contributed by atoms with Crippen molar-refractivity contribution in [3.63, 3.8) is 0 Å². The molecule has 1 heterocycles. The van der Waals surface area contributed by atoms with Crippen LogP contribution in [0.4, 0.5) is 5.82 Å². The lowest BCUT2D eigenvalue weighted by Gasteiger charge is -2.01. The summed E-state index contributed by atoms with van der Waals surface area (Å²) in [5.41, 5.74) is 0.907. The first-order valence-corrected chi connectivity index (χ1v) is 6.30. The number of pyridine rings is 1. The van der Waals surface area contributed by atoms with Gasteiger partial charge in [-0.2, -0.15) is 0 Å². The van der Waals surface area contributed by atoms with Gasteiger partial charge in [-0.15, -0.1) is 0 Å². The summed E-state index contributed by atoms with van der Waals surface area (Å²) in [4.78, 5) is 15.7. The highest BCUT2D eigenvalue weighted by molar-refractivity contribution is 6.30. The van der Waals surface area contributed by atoms with E-state index in [2.05, 4.69) is 10.3 Å². The largest absolute Gasteiger partial charge is 0.497 e. The Balaban J connectivity index is 1.96. The highest BCUT2D eigenvalue weighted by Gasteiger charge is 1.99. The topological polar surface area (TPSA) is 51.2 Å². The third-order valence-corrected chi connectivity index (χ3v) is 2.75. The Kier molecular flexibility index (Phi) is 4.74. The number of carbonyl (C=O) groups is 1. The maximum Gasteiger partial charge on any atom is 0.249 e. The van der Waals surface area contributed by atoms with Gasteiger partial charge in [0.05, 0.1) is 12.1 Å². The number of anilines is 1. The molecule has 0 fully saturated rings. The molecule has 1 N–H and O–H groups in total. The molecule has 4 nitrogen and oxygen atoms in total. The fraction of sp³-hybridized carbons (Fsp3) is 0.0667. The number of hydrogen-bond acceptors (Lipinski definition) is 3. The van der Waals surface area contributed by atoms with Crippen LogP contribution >= 0.6 is 11.6 Å². The Bertz CT molecular complexity index is 607. The summed E-state index contributed by atoms with van der Waals surface area (Å²) in [6.45, 7) is 0. The van der Waals surface area contributed by atoms with Gasteiger partial charge in [-0.25, -0.2) is 4.98 Å². The Hall–Kier alpha value is -2.33. The molecule has 20 heavy (non-hydrogen) atoms. The van der Waals surface area contributed by atoms with Crippen molar-refractivity contribution in [3.8, 4) is 5.75 Å². The van der Waals surface area contributed by atoms with Crippen LogP contribution < -0.4 is 10.1 Å². The number of rotatable bonds is 4. The first kappa shape index (κ1) is 14.1. The molecule has 1 aromatic carbocycles. The molecule has 0 saturated carbocycles. The molecule has 0 atom stereocenters. The minimum Gasteiger partial charge on any atom is -0.497 e. The van der Waals surface area contributed by atoms with Gasteiger partial charge in [-0.1, -0.05) is 23.7 Å². The Labute approximate surface area is 122 Å². The van der Waals surface area contributed by atoms with E-state index in [1.165, 1.54) is 12.3 Å². The molecule has 2 rings (SSSR count). The fourth-order valence-corrected chi connectivity index (χ4v) is 1.62. The van der Waals surface area contributed by atoms with Crippen molar-refractivity contribution in [2.75, 3.05) is 12.4 Å². The second-order valence-corrected chi connectivity index (χ2v) is 4.39. The van der Waals surface area contributed by atoms with Crippen molar-refractivity contribution < 1.29 is 9.53 Å². The van der Waals surface area contributed by atoms with E-state index in [1.807, 2.05) is 24.3 Å². The van der Waals surface area contributed by atoms with Gasteiger partial charge in [-0.3, -0.25) is 4.79 Å². The van der Waals surface area contributed by atoms with Gasteiger partial charge in [0.25, 0.3) is 0 Å². The predicted molar refractivity (Wildman–Crippen MR) is 79.9 cm³/mol. The van der Waals surface area contributed by atoms with Gasteiger partial charge >= 0.3 is 0 Å². The molecule has 0 spiro atoms. The average Bonchev–Trinajstić information content (AvgIpc) is 2.48. The van der Waals surface area contributed by atoms with Crippen LogP contribution in [0.15, 0.2) is 48.7 Å².